The Hall–Kier alpha value is -3.62. The molecule has 1 N–H and O–H groups in total. The van der Waals surface area contributed by atoms with Crippen molar-refractivity contribution in [3.05, 3.63) is 65.2 Å². The zero-order chi connectivity index (χ0) is 18.1. The Morgan fingerprint density at radius 1 is 1.04 bits per heavy atom. The zero-order valence-corrected chi connectivity index (χ0v) is 13.6. The molecular weight excluding hydrogens is 336 g/mol. The van der Waals surface area contributed by atoms with Gasteiger partial charge >= 0.3 is 0 Å². The van der Waals surface area contributed by atoms with E-state index in [4.69, 9.17) is 0 Å². The molecule has 4 rings (SSSR count). The van der Waals surface area contributed by atoms with Gasteiger partial charge in [0.25, 0.3) is 11.8 Å². The van der Waals surface area contributed by atoms with Crippen LogP contribution < -0.4 is 0 Å². The van der Waals surface area contributed by atoms with Gasteiger partial charge in [-0.1, -0.05) is 12.1 Å². The van der Waals surface area contributed by atoms with Crippen LogP contribution in [0.4, 0.5) is 0 Å². The first-order valence-electron chi connectivity index (χ1n) is 8.02. The van der Waals surface area contributed by atoms with Crippen LogP contribution in [0.3, 0.4) is 0 Å². The maximum atomic E-state index is 12.3. The number of imide groups is 1. The van der Waals surface area contributed by atoms with E-state index in [0.29, 0.717) is 22.6 Å². The summed E-state index contributed by atoms with van der Waals surface area (Å²) in [5.74, 6) is -0.444. The number of aromatic amines is 1. The molecule has 9 heteroatoms. The number of nitrogens with zero attached hydrogens (tertiary/aromatic N) is 5. The van der Waals surface area contributed by atoms with E-state index < -0.39 is 0 Å². The topological polar surface area (TPSA) is 114 Å². The van der Waals surface area contributed by atoms with Gasteiger partial charge in [0.05, 0.1) is 16.8 Å². The van der Waals surface area contributed by atoms with Gasteiger partial charge in [0.2, 0.25) is 5.78 Å². The minimum absolute atomic E-state index is 0.0411. The van der Waals surface area contributed by atoms with Crippen LogP contribution in [0.1, 0.15) is 37.0 Å². The van der Waals surface area contributed by atoms with Crippen LogP contribution in [-0.2, 0) is 13.0 Å². The molecule has 2 amide bonds. The number of tetrazole rings is 1. The van der Waals surface area contributed by atoms with Crippen LogP contribution in [-0.4, -0.2) is 54.2 Å². The largest absolute Gasteiger partial charge is 0.359 e. The van der Waals surface area contributed by atoms with Crippen molar-refractivity contribution in [3.8, 4) is 0 Å². The number of amides is 2. The third kappa shape index (κ3) is 2.79. The summed E-state index contributed by atoms with van der Waals surface area (Å²) in [7, 11) is 0. The second kappa shape index (κ2) is 6.36. The number of fused-ring (bicyclic) bond motifs is 1. The average Bonchev–Trinajstić information content (AvgIpc) is 3.37. The molecule has 1 aromatic carbocycles. The molecule has 26 heavy (non-hydrogen) atoms. The van der Waals surface area contributed by atoms with Crippen molar-refractivity contribution < 1.29 is 14.4 Å². The molecule has 1 aliphatic heterocycles. The predicted octanol–water partition coefficient (Wildman–Crippen LogP) is 0.723. The number of H-pyrrole nitrogens is 1. The van der Waals surface area contributed by atoms with Crippen molar-refractivity contribution in [2.45, 2.75) is 13.0 Å². The van der Waals surface area contributed by atoms with E-state index in [2.05, 4.69) is 20.4 Å². The Bertz CT molecular complexity index is 957. The van der Waals surface area contributed by atoms with Crippen molar-refractivity contribution in [1.82, 2.24) is 30.1 Å². The second-order valence-corrected chi connectivity index (χ2v) is 5.80. The minimum atomic E-state index is -0.320. The maximum Gasteiger partial charge on any atom is 0.261 e. The van der Waals surface area contributed by atoms with Gasteiger partial charge in [-0.25, -0.2) is 0 Å². The lowest BCUT2D eigenvalue weighted by Gasteiger charge is -2.11. The fraction of sp³-hybridized carbons (Fsp3) is 0.176. The third-order valence-electron chi connectivity index (χ3n) is 4.11. The highest BCUT2D eigenvalue weighted by Crippen LogP contribution is 2.22. The van der Waals surface area contributed by atoms with Crippen LogP contribution in [0.25, 0.3) is 0 Å². The van der Waals surface area contributed by atoms with Gasteiger partial charge in [-0.2, -0.15) is 4.80 Å². The fourth-order valence-corrected chi connectivity index (χ4v) is 2.81. The molecule has 0 bridgehead atoms. The summed E-state index contributed by atoms with van der Waals surface area (Å²) in [5.41, 5.74) is 1.28. The van der Waals surface area contributed by atoms with E-state index in [0.717, 1.165) is 0 Å². The van der Waals surface area contributed by atoms with Gasteiger partial charge < -0.3 is 4.98 Å². The molecule has 0 unspecified atom stereocenters. The number of hydrogen-bond donors (Lipinski definition) is 1. The number of benzene rings is 1. The molecule has 0 atom stereocenters. The highest BCUT2D eigenvalue weighted by Gasteiger charge is 2.34. The lowest BCUT2D eigenvalue weighted by atomic mass is 10.1. The summed E-state index contributed by atoms with van der Waals surface area (Å²) in [4.78, 5) is 41.8. The van der Waals surface area contributed by atoms with E-state index in [1.807, 2.05) is 0 Å². The summed E-state index contributed by atoms with van der Waals surface area (Å²) in [6.07, 6.45) is 1.93. The monoisotopic (exact) mass is 350 g/mol. The molecular formula is C17H14N6O3. The third-order valence-corrected chi connectivity index (χ3v) is 4.11. The molecule has 130 valence electrons. The Morgan fingerprint density at radius 2 is 1.77 bits per heavy atom. The summed E-state index contributed by atoms with van der Waals surface area (Å²) in [6, 6.07) is 10.1. The van der Waals surface area contributed by atoms with Gasteiger partial charge in [0.15, 0.2) is 5.82 Å². The predicted molar refractivity (Wildman–Crippen MR) is 88.5 cm³/mol. The van der Waals surface area contributed by atoms with E-state index in [9.17, 15) is 14.4 Å². The fourth-order valence-electron chi connectivity index (χ4n) is 2.81. The quantitative estimate of drug-likeness (QED) is 0.518. The number of hydrogen-bond acceptors (Lipinski definition) is 6. The molecule has 0 radical (unpaired) electrons. The van der Waals surface area contributed by atoms with Crippen molar-refractivity contribution in [2.75, 3.05) is 6.54 Å². The van der Waals surface area contributed by atoms with Gasteiger partial charge in [0.1, 0.15) is 6.54 Å². The first-order chi connectivity index (χ1) is 12.6. The molecule has 2 aromatic heterocycles. The van der Waals surface area contributed by atoms with E-state index >= 15 is 0 Å². The number of Topliss-reactive ketones (excluding diaryl/α,β-unsaturated/α-hetero) is 1. The summed E-state index contributed by atoms with van der Waals surface area (Å²) < 4.78 is 0. The number of carbonyl (C=O) groups excluding carboxylic acids is 3. The highest BCUT2D eigenvalue weighted by molar-refractivity contribution is 6.21. The normalized spacial score (nSPS) is 13.3. The summed E-state index contributed by atoms with van der Waals surface area (Å²) in [5, 5.41) is 11.9. The van der Waals surface area contributed by atoms with Crippen LogP contribution in [0, 0.1) is 0 Å². The van der Waals surface area contributed by atoms with Gasteiger partial charge in [-0.3, -0.25) is 19.3 Å². The zero-order valence-electron chi connectivity index (χ0n) is 13.6. The number of aromatic nitrogens is 5. The Balaban J connectivity index is 1.39. The number of ketones is 1. The van der Waals surface area contributed by atoms with E-state index in [-0.39, 0.29) is 37.1 Å². The van der Waals surface area contributed by atoms with E-state index in [1.54, 1.807) is 42.6 Å². The number of rotatable bonds is 6. The summed E-state index contributed by atoms with van der Waals surface area (Å²) in [6.45, 7) is 0.114. The Kier molecular flexibility index (Phi) is 3.88. The van der Waals surface area contributed by atoms with Crippen LogP contribution in [0.5, 0.6) is 0 Å². The molecule has 0 fully saturated rings. The lowest BCUT2D eigenvalue weighted by molar-refractivity contribution is 0.0655. The lowest BCUT2D eigenvalue weighted by Crippen LogP contribution is -2.32. The average molecular weight is 350 g/mol. The SMILES string of the molecule is O=C(Cn1nnc(CCN2C(=O)c3ccccc3C2=O)n1)c1ccc[nH]1. The Labute approximate surface area is 147 Å². The molecule has 0 saturated heterocycles. The molecule has 0 spiro atoms. The molecule has 9 nitrogen and oxygen atoms in total. The minimum Gasteiger partial charge on any atom is -0.359 e. The number of nitrogens with one attached hydrogen (secondary N) is 1. The summed E-state index contributed by atoms with van der Waals surface area (Å²) >= 11 is 0. The van der Waals surface area contributed by atoms with Crippen molar-refractivity contribution >= 4 is 17.6 Å². The molecule has 0 aliphatic carbocycles. The van der Waals surface area contributed by atoms with Crippen LogP contribution >= 0.6 is 0 Å². The van der Waals surface area contributed by atoms with Gasteiger partial charge in [0, 0.05) is 19.2 Å². The molecule has 1 aliphatic rings. The maximum absolute atomic E-state index is 12.3. The molecule has 3 heterocycles. The van der Waals surface area contributed by atoms with Gasteiger partial charge in [-0.15, -0.1) is 10.2 Å². The first-order valence-corrected chi connectivity index (χ1v) is 8.02. The smallest absolute Gasteiger partial charge is 0.261 e. The highest BCUT2D eigenvalue weighted by atomic mass is 16.2. The second-order valence-electron chi connectivity index (χ2n) is 5.80. The van der Waals surface area contributed by atoms with Crippen molar-refractivity contribution in [1.29, 1.82) is 0 Å². The van der Waals surface area contributed by atoms with Crippen LogP contribution in [0.15, 0.2) is 42.6 Å². The van der Waals surface area contributed by atoms with Crippen molar-refractivity contribution in [3.63, 3.8) is 0 Å². The van der Waals surface area contributed by atoms with Crippen molar-refractivity contribution in [2.24, 2.45) is 0 Å². The molecule has 0 saturated carbocycles. The Morgan fingerprint density at radius 3 is 2.42 bits per heavy atom. The standard InChI is InChI=1S/C17H14N6O3/c24-14(13-6-3-8-18-13)10-23-20-15(19-21-23)7-9-22-16(25)11-4-1-2-5-12(11)17(22)26/h1-6,8,18H,7,9-10H2. The van der Waals surface area contributed by atoms with Crippen LogP contribution in [0.2, 0.25) is 0 Å². The molecule has 3 aromatic rings. The van der Waals surface area contributed by atoms with Gasteiger partial charge in [-0.05, 0) is 29.5 Å². The number of carbonyl (C=O) groups is 3. The first kappa shape index (κ1) is 15.9. The van der Waals surface area contributed by atoms with E-state index in [1.165, 1.54) is 9.70 Å².